The molecular weight excluding hydrogens is 390 g/mol. The number of hydrogen-bond acceptors (Lipinski definition) is 4. The second kappa shape index (κ2) is 15.0. The molecule has 0 aromatic heterocycles. The average Bonchev–Trinajstić information content (AvgIpc) is 2.72. The summed E-state index contributed by atoms with van der Waals surface area (Å²) in [6.45, 7) is 6.22. The van der Waals surface area contributed by atoms with Gasteiger partial charge in [-0.1, -0.05) is 80.6 Å². The van der Waals surface area contributed by atoms with Gasteiger partial charge >= 0.3 is 11.9 Å². The summed E-state index contributed by atoms with van der Waals surface area (Å²) in [6, 6.07) is 20.0. The Bertz CT molecular complexity index is 786. The number of nitrogens with two attached hydrogens (primary N) is 1. The number of ether oxygens (including phenoxy) is 1. The fraction of sp³-hybridized carbons (Fsp3) is 0.385. The van der Waals surface area contributed by atoms with Crippen molar-refractivity contribution < 1.29 is 19.4 Å². The van der Waals surface area contributed by atoms with Crippen molar-refractivity contribution in [1.82, 2.24) is 0 Å². The van der Waals surface area contributed by atoms with Crippen LogP contribution < -0.4 is 5.73 Å². The average molecular weight is 426 g/mol. The van der Waals surface area contributed by atoms with Crippen LogP contribution in [0, 0.1) is 11.8 Å². The van der Waals surface area contributed by atoms with Crippen molar-refractivity contribution >= 4 is 18.0 Å². The Morgan fingerprint density at radius 1 is 0.968 bits per heavy atom. The van der Waals surface area contributed by atoms with Crippen molar-refractivity contribution in [3.8, 4) is 0 Å². The first-order valence-electron chi connectivity index (χ1n) is 10.7. The van der Waals surface area contributed by atoms with Crippen molar-refractivity contribution in [1.29, 1.82) is 0 Å². The van der Waals surface area contributed by atoms with Gasteiger partial charge in [0, 0.05) is 18.9 Å². The van der Waals surface area contributed by atoms with Crippen molar-refractivity contribution in [2.24, 2.45) is 17.6 Å². The first kappa shape index (κ1) is 26.1. The van der Waals surface area contributed by atoms with Crippen molar-refractivity contribution in [3.63, 3.8) is 0 Å². The first-order chi connectivity index (χ1) is 14.8. The molecule has 0 radical (unpaired) electrons. The topological polar surface area (TPSA) is 89.6 Å². The number of esters is 1. The van der Waals surface area contributed by atoms with E-state index in [4.69, 9.17) is 15.6 Å². The summed E-state index contributed by atoms with van der Waals surface area (Å²) in [6.07, 6.45) is 4.54. The van der Waals surface area contributed by atoms with E-state index in [0.717, 1.165) is 5.56 Å². The molecule has 168 valence electrons. The highest BCUT2D eigenvalue weighted by Gasteiger charge is 2.19. The largest absolute Gasteiger partial charge is 0.481 e. The maximum absolute atomic E-state index is 11.8. The number of aliphatic carboxylic acids is 1. The highest BCUT2D eigenvalue weighted by atomic mass is 16.5. The Kier molecular flexibility index (Phi) is 12.6. The lowest BCUT2D eigenvalue weighted by Gasteiger charge is -2.15. The van der Waals surface area contributed by atoms with Gasteiger partial charge in [0.15, 0.2) is 0 Å². The molecule has 2 atom stereocenters. The number of carboxylic acids is 1. The molecule has 2 aromatic rings. The molecule has 0 aliphatic carbocycles. The molecule has 2 aromatic carbocycles. The fourth-order valence-corrected chi connectivity index (χ4v) is 3.09. The van der Waals surface area contributed by atoms with Crippen LogP contribution in [0.15, 0.2) is 66.7 Å². The van der Waals surface area contributed by atoms with Gasteiger partial charge in [-0.15, -0.1) is 0 Å². The Balaban J connectivity index is 0.000000442. The lowest BCUT2D eigenvalue weighted by Crippen LogP contribution is -2.16. The first-order valence-corrected chi connectivity index (χ1v) is 10.7. The van der Waals surface area contributed by atoms with Crippen LogP contribution in [0.1, 0.15) is 57.2 Å². The van der Waals surface area contributed by atoms with Crippen molar-refractivity contribution in [2.75, 3.05) is 6.61 Å². The molecule has 0 saturated heterocycles. The van der Waals surface area contributed by atoms with E-state index in [2.05, 4.69) is 0 Å². The Morgan fingerprint density at radius 2 is 1.55 bits per heavy atom. The summed E-state index contributed by atoms with van der Waals surface area (Å²) in [4.78, 5) is 22.6. The number of carbonyl (C=O) groups is 2. The maximum atomic E-state index is 11.8. The molecule has 3 N–H and O–H groups in total. The second-order valence-electron chi connectivity index (χ2n) is 7.99. The molecule has 0 amide bonds. The summed E-state index contributed by atoms with van der Waals surface area (Å²) < 4.78 is 5.14. The monoisotopic (exact) mass is 425 g/mol. The molecule has 5 nitrogen and oxygen atoms in total. The molecule has 0 saturated carbocycles. The van der Waals surface area contributed by atoms with E-state index in [1.165, 1.54) is 5.56 Å². The minimum atomic E-state index is -0.873. The van der Waals surface area contributed by atoms with Gasteiger partial charge in [0.05, 0.1) is 0 Å². The summed E-state index contributed by atoms with van der Waals surface area (Å²) in [5, 5.41) is 8.89. The highest BCUT2D eigenvalue weighted by Crippen LogP contribution is 2.19. The summed E-state index contributed by atoms with van der Waals surface area (Å²) in [7, 11) is 0. The summed E-state index contributed by atoms with van der Waals surface area (Å²) >= 11 is 0. The second-order valence-corrected chi connectivity index (χ2v) is 7.99. The number of benzene rings is 2. The van der Waals surface area contributed by atoms with E-state index in [0.29, 0.717) is 12.3 Å². The minimum Gasteiger partial charge on any atom is -0.481 e. The van der Waals surface area contributed by atoms with Crippen LogP contribution >= 0.6 is 0 Å². The number of hydrogen-bond donors (Lipinski definition) is 2. The minimum absolute atomic E-state index is 0.00708. The van der Waals surface area contributed by atoms with Gasteiger partial charge in [-0.05, 0) is 42.4 Å². The van der Waals surface area contributed by atoms with Crippen molar-refractivity contribution in [3.05, 3.63) is 77.9 Å². The smallest absolute Gasteiger partial charge is 0.306 e. The summed E-state index contributed by atoms with van der Waals surface area (Å²) in [5.74, 6) is -1.02. The predicted molar refractivity (Wildman–Crippen MR) is 125 cm³/mol. The van der Waals surface area contributed by atoms with E-state index in [9.17, 15) is 9.59 Å². The lowest BCUT2D eigenvalue weighted by atomic mass is 9.91. The van der Waals surface area contributed by atoms with Gasteiger partial charge in [0.2, 0.25) is 0 Å². The number of carbonyl (C=O) groups excluding carboxylic acids is 1. The molecule has 0 aliphatic heterocycles. The quantitative estimate of drug-likeness (QED) is 0.492. The normalized spacial score (nSPS) is 12.7. The Labute approximate surface area is 185 Å². The summed E-state index contributed by atoms with van der Waals surface area (Å²) in [5.41, 5.74) is 7.85. The van der Waals surface area contributed by atoms with Gasteiger partial charge in [-0.3, -0.25) is 9.59 Å². The van der Waals surface area contributed by atoms with E-state index in [-0.39, 0.29) is 37.4 Å². The molecule has 31 heavy (non-hydrogen) atoms. The standard InChI is InChI=1S/C18H24O4.C8H11N/c1-14(2)11-16(12-17(19)20)13-18(21)22-10-6-9-15-7-4-3-5-8-15;1-7(9)8-5-3-2-4-6-8/h3-9,14,16H,10-13H2,1-2H3,(H,19,20);2-7H,9H2,1H3/b9-6+;/t16-;7-/m10/s1. The third-order valence-electron chi connectivity index (χ3n) is 4.50. The third kappa shape index (κ3) is 13.1. The highest BCUT2D eigenvalue weighted by molar-refractivity contribution is 5.72. The van der Waals surface area contributed by atoms with Crippen LogP contribution in [-0.2, 0) is 14.3 Å². The van der Waals surface area contributed by atoms with Crippen molar-refractivity contribution in [2.45, 2.75) is 46.1 Å². The molecule has 0 aliphatic rings. The molecule has 0 fully saturated rings. The van der Waals surface area contributed by atoms with Crippen LogP contribution in [-0.4, -0.2) is 23.7 Å². The van der Waals surface area contributed by atoms with E-state index >= 15 is 0 Å². The zero-order valence-corrected chi connectivity index (χ0v) is 18.7. The van der Waals surface area contributed by atoms with Crippen LogP contribution in [0.25, 0.3) is 6.08 Å². The molecule has 0 unspecified atom stereocenters. The molecular formula is C26H35NO4. The van der Waals surface area contributed by atoms with E-state index in [1.54, 1.807) is 6.08 Å². The van der Waals surface area contributed by atoms with E-state index < -0.39 is 5.97 Å². The zero-order valence-electron chi connectivity index (χ0n) is 18.7. The molecule has 0 bridgehead atoms. The van der Waals surface area contributed by atoms with E-state index in [1.807, 2.05) is 87.5 Å². The third-order valence-corrected chi connectivity index (χ3v) is 4.50. The predicted octanol–water partition coefficient (Wildman–Crippen LogP) is 5.48. The van der Waals surface area contributed by atoms with Gasteiger partial charge in [0.1, 0.15) is 6.61 Å². The van der Waals surface area contributed by atoms with Gasteiger partial charge in [-0.2, -0.15) is 0 Å². The van der Waals surface area contributed by atoms with Crippen LogP contribution in [0.3, 0.4) is 0 Å². The zero-order chi connectivity index (χ0) is 23.1. The molecule has 0 heterocycles. The maximum Gasteiger partial charge on any atom is 0.306 e. The SMILES string of the molecule is CC(C)C[C@H](CC(=O)O)CC(=O)OC/C=C/c1ccccc1.C[C@H](N)c1ccccc1. The number of carboxylic acid groups (broad SMARTS) is 1. The Hall–Kier alpha value is -2.92. The van der Waals surface area contributed by atoms with Gasteiger partial charge in [0.25, 0.3) is 0 Å². The Morgan fingerprint density at radius 3 is 2.03 bits per heavy atom. The molecule has 5 heteroatoms. The fourth-order valence-electron chi connectivity index (χ4n) is 3.09. The molecule has 0 spiro atoms. The number of rotatable bonds is 10. The molecule has 2 rings (SSSR count). The van der Waals surface area contributed by atoms with Gasteiger partial charge in [-0.25, -0.2) is 0 Å². The van der Waals surface area contributed by atoms with Gasteiger partial charge < -0.3 is 15.6 Å². The lowest BCUT2D eigenvalue weighted by molar-refractivity contribution is -0.144. The van der Waals surface area contributed by atoms with Crippen LogP contribution in [0.5, 0.6) is 0 Å². The van der Waals surface area contributed by atoms with Crippen LogP contribution in [0.2, 0.25) is 0 Å². The van der Waals surface area contributed by atoms with Crippen LogP contribution in [0.4, 0.5) is 0 Å².